The lowest BCUT2D eigenvalue weighted by atomic mass is 10.1. The maximum Gasteiger partial charge on any atom is 0.256 e. The topological polar surface area (TPSA) is 61.9 Å². The fourth-order valence-electron chi connectivity index (χ4n) is 2.45. The maximum absolute atomic E-state index is 12.1. The lowest BCUT2D eigenvalue weighted by Gasteiger charge is -2.27. The summed E-state index contributed by atoms with van der Waals surface area (Å²) < 4.78 is 0.834. The van der Waals surface area contributed by atoms with E-state index < -0.39 is 0 Å². The number of pyridine rings is 1. The fourth-order valence-corrected chi connectivity index (χ4v) is 3.08. The Morgan fingerprint density at radius 1 is 1.48 bits per heavy atom. The van der Waals surface area contributed by atoms with E-state index in [4.69, 9.17) is 0 Å². The van der Waals surface area contributed by atoms with Gasteiger partial charge in [0.1, 0.15) is 4.60 Å². The first-order chi connectivity index (χ1) is 10.2. The van der Waals surface area contributed by atoms with Crippen LogP contribution in [0.4, 0.5) is 0 Å². The van der Waals surface area contributed by atoms with Gasteiger partial charge >= 0.3 is 0 Å². The quantitative estimate of drug-likeness (QED) is 0.512. The van der Waals surface area contributed by atoms with Gasteiger partial charge in [0.2, 0.25) is 0 Å². The van der Waals surface area contributed by atoms with Crippen LogP contribution < -0.4 is 5.56 Å². The monoisotopic (exact) mass is 366 g/mol. The van der Waals surface area contributed by atoms with E-state index in [1.54, 1.807) is 0 Å². The average Bonchev–Trinajstić information content (AvgIpc) is 2.50. The summed E-state index contributed by atoms with van der Waals surface area (Å²) in [5, 5.41) is 0.698. The smallest absolute Gasteiger partial charge is 0.256 e. The highest BCUT2D eigenvalue weighted by Crippen LogP contribution is 2.18. The third-order valence-electron chi connectivity index (χ3n) is 3.51. The number of hydrogen-bond donors (Lipinski definition) is 1. The SMILES string of the molecule is CSc1nc2c(c(=O)[nH]1)CN(Cc1ccc(Br)nc1)CC2. The minimum absolute atomic E-state index is 0.0111. The molecule has 0 atom stereocenters. The van der Waals surface area contributed by atoms with Gasteiger partial charge in [-0.25, -0.2) is 9.97 Å². The molecule has 1 aliphatic heterocycles. The predicted molar refractivity (Wildman–Crippen MR) is 86.4 cm³/mol. The van der Waals surface area contributed by atoms with E-state index in [1.165, 1.54) is 11.8 Å². The fraction of sp³-hybridized carbons (Fsp3) is 0.357. The number of halogens is 1. The summed E-state index contributed by atoms with van der Waals surface area (Å²) in [6.07, 6.45) is 4.59. The van der Waals surface area contributed by atoms with Crippen LogP contribution in [0.15, 0.2) is 32.9 Å². The van der Waals surface area contributed by atoms with Crippen LogP contribution in [0.5, 0.6) is 0 Å². The van der Waals surface area contributed by atoms with E-state index in [0.717, 1.165) is 40.9 Å². The normalized spacial score (nSPS) is 15.0. The molecule has 0 aromatic carbocycles. The molecule has 0 fully saturated rings. The molecule has 2 aromatic rings. The molecular weight excluding hydrogens is 352 g/mol. The van der Waals surface area contributed by atoms with Crippen molar-refractivity contribution in [3.05, 3.63) is 50.1 Å². The van der Waals surface area contributed by atoms with Crippen molar-refractivity contribution in [3.8, 4) is 0 Å². The Labute approximate surface area is 135 Å². The van der Waals surface area contributed by atoms with Crippen molar-refractivity contribution in [2.45, 2.75) is 24.7 Å². The van der Waals surface area contributed by atoms with Crippen molar-refractivity contribution in [2.75, 3.05) is 12.8 Å². The number of rotatable bonds is 3. The molecule has 1 aliphatic rings. The van der Waals surface area contributed by atoms with Gasteiger partial charge < -0.3 is 4.98 Å². The number of aromatic nitrogens is 3. The Kier molecular flexibility index (Phi) is 4.42. The maximum atomic E-state index is 12.1. The second kappa shape index (κ2) is 6.29. The minimum Gasteiger partial charge on any atom is -0.301 e. The highest BCUT2D eigenvalue weighted by atomic mass is 79.9. The second-order valence-corrected chi connectivity index (χ2v) is 6.56. The standard InChI is InChI=1S/C14H15BrN4OS/c1-21-14-17-11-4-5-19(8-10(11)13(20)18-14)7-9-2-3-12(15)16-6-9/h2-3,6H,4-5,7-8H2,1H3,(H,17,18,20). The van der Waals surface area contributed by atoms with Crippen LogP contribution in [-0.4, -0.2) is 32.7 Å². The molecule has 1 N–H and O–H groups in total. The first-order valence-corrected chi connectivity index (χ1v) is 8.66. The molecule has 0 radical (unpaired) electrons. The van der Waals surface area contributed by atoms with Gasteiger partial charge in [0.05, 0.1) is 11.3 Å². The van der Waals surface area contributed by atoms with E-state index in [0.29, 0.717) is 11.7 Å². The molecule has 2 aromatic heterocycles. The zero-order chi connectivity index (χ0) is 14.8. The number of nitrogens with zero attached hydrogens (tertiary/aromatic N) is 3. The van der Waals surface area contributed by atoms with E-state index in [1.807, 2.05) is 24.6 Å². The highest BCUT2D eigenvalue weighted by Gasteiger charge is 2.21. The summed E-state index contributed by atoms with van der Waals surface area (Å²) in [6, 6.07) is 3.98. The zero-order valence-corrected chi connectivity index (χ0v) is 14.0. The number of aromatic amines is 1. The number of nitrogens with one attached hydrogen (secondary N) is 1. The van der Waals surface area contributed by atoms with Crippen LogP contribution in [0.1, 0.15) is 16.8 Å². The molecule has 3 rings (SSSR count). The summed E-state index contributed by atoms with van der Waals surface area (Å²) in [7, 11) is 0. The van der Waals surface area contributed by atoms with Crippen LogP contribution in [-0.2, 0) is 19.5 Å². The average molecular weight is 367 g/mol. The Hall–Kier alpha value is -1.18. The van der Waals surface area contributed by atoms with Gasteiger partial charge in [0.15, 0.2) is 5.16 Å². The summed E-state index contributed by atoms with van der Waals surface area (Å²) in [5.74, 6) is 0. The van der Waals surface area contributed by atoms with Gasteiger partial charge in [-0.15, -0.1) is 0 Å². The van der Waals surface area contributed by atoms with E-state index in [2.05, 4.69) is 35.8 Å². The van der Waals surface area contributed by atoms with Gasteiger partial charge in [-0.1, -0.05) is 17.8 Å². The second-order valence-electron chi connectivity index (χ2n) is 4.95. The van der Waals surface area contributed by atoms with Gasteiger partial charge in [0.25, 0.3) is 5.56 Å². The number of H-pyrrole nitrogens is 1. The molecule has 21 heavy (non-hydrogen) atoms. The lowest BCUT2D eigenvalue weighted by molar-refractivity contribution is 0.240. The summed E-state index contributed by atoms with van der Waals surface area (Å²) >= 11 is 4.80. The van der Waals surface area contributed by atoms with Crippen LogP contribution in [0, 0.1) is 0 Å². The van der Waals surface area contributed by atoms with Crippen LogP contribution in [0.2, 0.25) is 0 Å². The van der Waals surface area contributed by atoms with Gasteiger partial charge in [-0.2, -0.15) is 0 Å². The first kappa shape index (κ1) is 14.7. The third kappa shape index (κ3) is 3.36. The van der Waals surface area contributed by atoms with Gasteiger partial charge in [-0.05, 0) is 33.8 Å². The Balaban J connectivity index is 1.78. The Morgan fingerprint density at radius 2 is 2.33 bits per heavy atom. The zero-order valence-electron chi connectivity index (χ0n) is 11.6. The molecular formula is C14H15BrN4OS. The van der Waals surface area contributed by atoms with Gasteiger partial charge in [-0.3, -0.25) is 9.69 Å². The molecule has 0 unspecified atom stereocenters. The van der Waals surface area contributed by atoms with E-state index in [-0.39, 0.29) is 5.56 Å². The molecule has 3 heterocycles. The lowest BCUT2D eigenvalue weighted by Crippen LogP contribution is -2.35. The summed E-state index contributed by atoms with van der Waals surface area (Å²) in [5.41, 5.74) is 2.87. The molecule has 0 amide bonds. The van der Waals surface area contributed by atoms with Gasteiger partial charge in [0, 0.05) is 32.3 Å². The molecule has 0 bridgehead atoms. The van der Waals surface area contributed by atoms with Crippen molar-refractivity contribution < 1.29 is 0 Å². The number of hydrogen-bond acceptors (Lipinski definition) is 5. The molecule has 0 saturated heterocycles. The van der Waals surface area contributed by atoms with Crippen molar-refractivity contribution in [1.29, 1.82) is 0 Å². The third-order valence-corrected chi connectivity index (χ3v) is 4.56. The summed E-state index contributed by atoms with van der Waals surface area (Å²) in [6.45, 7) is 2.35. The molecule has 0 saturated carbocycles. The van der Waals surface area contributed by atoms with Crippen molar-refractivity contribution in [1.82, 2.24) is 19.9 Å². The van der Waals surface area contributed by atoms with Crippen molar-refractivity contribution >= 4 is 27.7 Å². The molecule has 110 valence electrons. The minimum atomic E-state index is -0.0111. The number of thioether (sulfide) groups is 1. The summed E-state index contributed by atoms with van der Waals surface area (Å²) in [4.78, 5) is 26.0. The number of fused-ring (bicyclic) bond motifs is 1. The Bertz CT molecular complexity index is 701. The van der Waals surface area contributed by atoms with E-state index in [9.17, 15) is 4.79 Å². The molecule has 0 spiro atoms. The molecule has 7 heteroatoms. The highest BCUT2D eigenvalue weighted by molar-refractivity contribution is 9.10. The predicted octanol–water partition coefficient (Wildman–Crippen LogP) is 2.21. The van der Waals surface area contributed by atoms with E-state index >= 15 is 0 Å². The van der Waals surface area contributed by atoms with Crippen LogP contribution >= 0.6 is 27.7 Å². The van der Waals surface area contributed by atoms with Crippen molar-refractivity contribution in [3.63, 3.8) is 0 Å². The first-order valence-electron chi connectivity index (χ1n) is 6.64. The largest absolute Gasteiger partial charge is 0.301 e. The Morgan fingerprint density at radius 3 is 3.05 bits per heavy atom. The van der Waals surface area contributed by atoms with Crippen LogP contribution in [0.25, 0.3) is 0 Å². The van der Waals surface area contributed by atoms with Crippen LogP contribution in [0.3, 0.4) is 0 Å². The molecule has 5 nitrogen and oxygen atoms in total. The van der Waals surface area contributed by atoms with Crippen molar-refractivity contribution in [2.24, 2.45) is 0 Å². The molecule has 0 aliphatic carbocycles.